The molecule has 0 amide bonds. The predicted octanol–water partition coefficient (Wildman–Crippen LogP) is 4.96. The summed E-state index contributed by atoms with van der Waals surface area (Å²) in [5, 5.41) is 23.9. The number of aliphatic hydroxyl groups is 1. The van der Waals surface area contributed by atoms with Crippen molar-refractivity contribution in [2.45, 2.75) is 102 Å². The number of fused-ring (bicyclic) bond motifs is 2. The Kier molecular flexibility index (Phi) is 4.78. The zero-order chi connectivity index (χ0) is 24.1. The van der Waals surface area contributed by atoms with Gasteiger partial charge in [-0.05, 0) is 86.1 Å². The minimum absolute atomic E-state index is 0.0987. The van der Waals surface area contributed by atoms with E-state index in [1.54, 1.807) is 6.07 Å². The van der Waals surface area contributed by atoms with Crippen LogP contribution in [0.4, 0.5) is 0 Å². The summed E-state index contributed by atoms with van der Waals surface area (Å²) in [6.45, 7) is 8.92. The molecule has 3 heterocycles. The maximum atomic E-state index is 13.0. The number of likely N-dealkylation sites (tertiary alicyclic amines) is 1. The third kappa shape index (κ3) is 2.88. The van der Waals surface area contributed by atoms with Gasteiger partial charge < -0.3 is 19.9 Å². The summed E-state index contributed by atoms with van der Waals surface area (Å²) in [5.41, 5.74) is 6.25. The molecule has 2 aliphatic heterocycles. The van der Waals surface area contributed by atoms with E-state index in [0.717, 1.165) is 63.1 Å². The van der Waals surface area contributed by atoms with Crippen molar-refractivity contribution >= 4 is 0 Å². The number of hydrogen-bond acceptors (Lipinski definition) is 4. The normalized spacial score (nSPS) is 32.5. The van der Waals surface area contributed by atoms with Gasteiger partial charge in [-0.1, -0.05) is 33.3 Å². The number of H-pyrrole nitrogens is 1. The average molecular weight is 477 g/mol. The number of nitrogens with zero attached hydrogens (tertiary/aromatic N) is 1. The molecule has 2 fully saturated rings. The molecule has 5 heteroatoms. The molecule has 1 aromatic carbocycles. The van der Waals surface area contributed by atoms with Crippen molar-refractivity contribution in [1.82, 2.24) is 9.88 Å². The van der Waals surface area contributed by atoms with Gasteiger partial charge in [0.1, 0.15) is 0 Å². The molecule has 188 valence electrons. The Labute approximate surface area is 208 Å². The van der Waals surface area contributed by atoms with Gasteiger partial charge in [0, 0.05) is 30.3 Å². The highest BCUT2D eigenvalue weighted by molar-refractivity contribution is 5.65. The van der Waals surface area contributed by atoms with Crippen molar-refractivity contribution in [3.63, 3.8) is 0 Å². The predicted molar refractivity (Wildman–Crippen MR) is 136 cm³/mol. The van der Waals surface area contributed by atoms with Crippen molar-refractivity contribution in [2.75, 3.05) is 13.1 Å². The largest absolute Gasteiger partial charge is 0.504 e. The van der Waals surface area contributed by atoms with Gasteiger partial charge in [-0.15, -0.1) is 0 Å². The Bertz CT molecular complexity index is 1180. The summed E-state index contributed by atoms with van der Waals surface area (Å²) < 4.78 is 6.75. The topological polar surface area (TPSA) is 68.7 Å². The van der Waals surface area contributed by atoms with Gasteiger partial charge >= 0.3 is 0 Å². The molecule has 1 aromatic heterocycles. The van der Waals surface area contributed by atoms with Crippen LogP contribution in [0.25, 0.3) is 0 Å². The van der Waals surface area contributed by atoms with Crippen molar-refractivity contribution < 1.29 is 14.9 Å². The van der Waals surface area contributed by atoms with E-state index in [-0.39, 0.29) is 17.9 Å². The fourth-order valence-electron chi connectivity index (χ4n) is 8.26. The van der Waals surface area contributed by atoms with Crippen LogP contribution in [0, 0.1) is 11.8 Å². The highest BCUT2D eigenvalue weighted by Gasteiger charge is 2.73. The van der Waals surface area contributed by atoms with Crippen LogP contribution in [0.2, 0.25) is 0 Å². The van der Waals surface area contributed by atoms with Gasteiger partial charge in [0.05, 0.1) is 16.7 Å². The molecule has 5 aliphatic rings. The molecule has 7 rings (SSSR count). The van der Waals surface area contributed by atoms with Crippen molar-refractivity contribution in [3.8, 4) is 11.5 Å². The highest BCUT2D eigenvalue weighted by Crippen LogP contribution is 2.69. The van der Waals surface area contributed by atoms with Crippen LogP contribution in [0.5, 0.6) is 11.5 Å². The van der Waals surface area contributed by atoms with Crippen LogP contribution in [0.1, 0.15) is 92.6 Å². The van der Waals surface area contributed by atoms with E-state index in [2.05, 4.69) is 36.7 Å². The summed E-state index contributed by atoms with van der Waals surface area (Å²) in [6, 6.07) is 4.00. The molecule has 4 atom stereocenters. The van der Waals surface area contributed by atoms with Crippen LogP contribution in [-0.2, 0) is 31.1 Å². The molecule has 3 aliphatic carbocycles. The van der Waals surface area contributed by atoms with Crippen molar-refractivity contribution in [3.05, 3.63) is 45.8 Å². The second-order valence-electron chi connectivity index (χ2n) is 12.6. The zero-order valence-corrected chi connectivity index (χ0v) is 21.5. The number of benzene rings is 1. The quantitative estimate of drug-likeness (QED) is 0.528. The monoisotopic (exact) mass is 476 g/mol. The van der Waals surface area contributed by atoms with E-state index in [1.165, 1.54) is 40.9 Å². The van der Waals surface area contributed by atoms with Gasteiger partial charge in [0.2, 0.25) is 0 Å². The van der Waals surface area contributed by atoms with Gasteiger partial charge in [0.25, 0.3) is 0 Å². The van der Waals surface area contributed by atoms with Gasteiger partial charge in [-0.25, -0.2) is 0 Å². The lowest BCUT2D eigenvalue weighted by Crippen LogP contribution is -2.74. The SMILES string of the molecule is CCCCc1c(CC(C)C)[nH]c2c1C[C@@]1(O)[C@@H]3Cc4ccc(O)c5c4[C@@]1(CCN3CC1CC1)[C@H]2O5. The van der Waals surface area contributed by atoms with E-state index in [0.29, 0.717) is 18.1 Å². The third-order valence-corrected chi connectivity index (χ3v) is 9.95. The second-order valence-corrected chi connectivity index (χ2v) is 12.6. The number of aromatic amines is 1. The number of aromatic nitrogens is 1. The first-order chi connectivity index (χ1) is 16.9. The summed E-state index contributed by atoms with van der Waals surface area (Å²) >= 11 is 0. The summed E-state index contributed by atoms with van der Waals surface area (Å²) in [4.78, 5) is 6.49. The first-order valence-corrected chi connectivity index (χ1v) is 14.1. The van der Waals surface area contributed by atoms with E-state index in [4.69, 9.17) is 4.74 Å². The van der Waals surface area contributed by atoms with E-state index < -0.39 is 11.0 Å². The molecule has 2 bridgehead atoms. The fourth-order valence-corrected chi connectivity index (χ4v) is 8.26. The molecule has 1 saturated carbocycles. The lowest BCUT2D eigenvalue weighted by Gasteiger charge is -2.62. The Morgan fingerprint density at radius 2 is 2.09 bits per heavy atom. The maximum Gasteiger partial charge on any atom is 0.166 e. The van der Waals surface area contributed by atoms with Crippen molar-refractivity contribution in [1.29, 1.82) is 0 Å². The summed E-state index contributed by atoms with van der Waals surface area (Å²) in [6.07, 6.45) is 9.20. The van der Waals surface area contributed by atoms with Crippen molar-refractivity contribution in [2.24, 2.45) is 11.8 Å². The Hall–Kier alpha value is -1.98. The number of unbranched alkanes of at least 4 members (excludes halogenated alkanes) is 1. The minimum atomic E-state index is -0.887. The van der Waals surface area contributed by atoms with Gasteiger partial charge in [-0.2, -0.15) is 0 Å². The third-order valence-electron chi connectivity index (χ3n) is 9.95. The minimum Gasteiger partial charge on any atom is -0.504 e. The van der Waals surface area contributed by atoms with Gasteiger partial charge in [-0.3, -0.25) is 4.90 Å². The van der Waals surface area contributed by atoms with Crippen LogP contribution >= 0.6 is 0 Å². The Morgan fingerprint density at radius 3 is 2.83 bits per heavy atom. The maximum absolute atomic E-state index is 13.0. The molecule has 3 N–H and O–H groups in total. The van der Waals surface area contributed by atoms with E-state index >= 15 is 0 Å². The first kappa shape index (κ1) is 22.2. The molecular formula is C30H40N2O3. The standard InChI is InChI=1S/C30H40N2O3/c1-4-5-6-20-21-15-30(34)24-14-19-9-10-23(33)27-25(19)29(30,11-12-32(24)16-18-7-8-18)28(35-27)26(21)31-22(20)13-17(2)3/h9-10,17-18,24,28,31,33-34H,4-8,11-16H2,1-3H3/t24-,28-,29-,30+/m0/s1. The number of ether oxygens (including phenoxy) is 1. The van der Waals surface area contributed by atoms with Gasteiger partial charge in [0.15, 0.2) is 17.6 Å². The second kappa shape index (κ2) is 7.52. The molecule has 35 heavy (non-hydrogen) atoms. The van der Waals surface area contributed by atoms with Crippen LogP contribution in [-0.4, -0.2) is 44.8 Å². The average Bonchev–Trinajstić information content (AvgIpc) is 3.47. The number of nitrogens with one attached hydrogen (secondary N) is 1. The molecule has 0 unspecified atom stereocenters. The molecule has 1 saturated heterocycles. The molecule has 2 aromatic rings. The first-order valence-electron chi connectivity index (χ1n) is 14.1. The molecule has 5 nitrogen and oxygen atoms in total. The summed E-state index contributed by atoms with van der Waals surface area (Å²) in [7, 11) is 0. The molecule has 1 spiro atoms. The van der Waals surface area contributed by atoms with E-state index in [9.17, 15) is 10.2 Å². The zero-order valence-electron chi connectivity index (χ0n) is 21.5. The number of aromatic hydroxyl groups is 1. The number of rotatable bonds is 7. The van der Waals surface area contributed by atoms with Crippen LogP contribution in [0.3, 0.4) is 0 Å². The fraction of sp³-hybridized carbons (Fsp3) is 0.667. The Morgan fingerprint density at radius 1 is 1.26 bits per heavy atom. The lowest BCUT2D eigenvalue weighted by molar-refractivity contribution is -0.173. The highest BCUT2D eigenvalue weighted by atomic mass is 16.5. The smallest absolute Gasteiger partial charge is 0.166 e. The van der Waals surface area contributed by atoms with E-state index in [1.807, 2.05) is 0 Å². The number of piperidine rings is 1. The summed E-state index contributed by atoms with van der Waals surface area (Å²) in [5.74, 6) is 2.20. The Balaban J connectivity index is 1.44. The van der Waals surface area contributed by atoms with Crippen LogP contribution in [0.15, 0.2) is 12.1 Å². The number of hydrogen-bond donors (Lipinski definition) is 3. The van der Waals surface area contributed by atoms with Crippen LogP contribution < -0.4 is 4.74 Å². The molecular weight excluding hydrogens is 436 g/mol. The number of phenolic OH excluding ortho intramolecular Hbond substituents is 1. The number of phenols is 1. The molecule has 0 radical (unpaired) electrons. The lowest BCUT2D eigenvalue weighted by atomic mass is 9.49.